The van der Waals surface area contributed by atoms with Gasteiger partial charge in [-0.3, -0.25) is 0 Å². The van der Waals surface area contributed by atoms with Crippen molar-refractivity contribution in [3.63, 3.8) is 0 Å². The second-order valence-electron chi connectivity index (χ2n) is 3.16. The van der Waals surface area contributed by atoms with Crippen LogP contribution in [0.15, 0.2) is 44.7 Å². The quantitative estimate of drug-likeness (QED) is 0.549. The lowest BCUT2D eigenvalue weighted by Gasteiger charge is -2.06. The summed E-state index contributed by atoms with van der Waals surface area (Å²) in [6.07, 6.45) is 0. The third kappa shape index (κ3) is 1.14. The standard InChI is InChI=1S/C8H4Cl2N4/c9-7(11-12-7)5-2-1-3-6(4-5)8(10)13-14-8/h1-4H. The predicted octanol–water partition coefficient (Wildman–Crippen LogP) is 3.32. The number of hydrogen-bond acceptors (Lipinski definition) is 4. The van der Waals surface area contributed by atoms with E-state index in [0.717, 1.165) is 11.1 Å². The highest BCUT2D eigenvalue weighted by molar-refractivity contribution is 6.25. The van der Waals surface area contributed by atoms with E-state index in [1.165, 1.54) is 0 Å². The zero-order chi connectivity index (χ0) is 9.81. The molecule has 2 aliphatic heterocycles. The summed E-state index contributed by atoms with van der Waals surface area (Å²) in [6, 6.07) is 7.35. The zero-order valence-corrected chi connectivity index (χ0v) is 8.37. The molecule has 0 unspecified atom stereocenters. The van der Waals surface area contributed by atoms with Gasteiger partial charge in [-0.15, -0.1) is 20.5 Å². The van der Waals surface area contributed by atoms with E-state index in [-0.39, 0.29) is 0 Å². The van der Waals surface area contributed by atoms with Crippen molar-refractivity contribution in [1.82, 2.24) is 0 Å². The lowest BCUT2D eigenvalue weighted by atomic mass is 10.1. The maximum Gasteiger partial charge on any atom is 0.289 e. The molecule has 14 heavy (non-hydrogen) atoms. The van der Waals surface area contributed by atoms with Crippen molar-refractivity contribution in [3.05, 3.63) is 35.4 Å². The van der Waals surface area contributed by atoms with Crippen LogP contribution in [0.25, 0.3) is 0 Å². The van der Waals surface area contributed by atoms with E-state index < -0.39 is 10.2 Å². The Morgan fingerprint density at radius 3 is 1.64 bits per heavy atom. The fourth-order valence-electron chi connectivity index (χ4n) is 1.23. The van der Waals surface area contributed by atoms with Gasteiger partial charge in [-0.1, -0.05) is 41.4 Å². The molecule has 3 rings (SSSR count). The SMILES string of the molecule is ClC1(c2cccc(C3(Cl)N=N3)c2)N=N1. The van der Waals surface area contributed by atoms with Crippen molar-refractivity contribution >= 4 is 23.2 Å². The van der Waals surface area contributed by atoms with Gasteiger partial charge in [0.2, 0.25) is 0 Å². The molecule has 2 heterocycles. The minimum absolute atomic E-state index is 0.800. The van der Waals surface area contributed by atoms with E-state index in [1.54, 1.807) is 0 Å². The van der Waals surface area contributed by atoms with E-state index in [2.05, 4.69) is 20.5 Å². The molecular formula is C8H4Cl2N4. The number of hydrogen-bond donors (Lipinski definition) is 0. The van der Waals surface area contributed by atoms with Crippen LogP contribution in [0.4, 0.5) is 0 Å². The van der Waals surface area contributed by atoms with E-state index >= 15 is 0 Å². The van der Waals surface area contributed by atoms with Gasteiger partial charge in [0.25, 0.3) is 10.2 Å². The molecule has 0 aliphatic carbocycles. The number of benzene rings is 1. The second kappa shape index (κ2) is 2.32. The molecular weight excluding hydrogens is 223 g/mol. The summed E-state index contributed by atoms with van der Waals surface area (Å²) in [7, 11) is 0. The average molecular weight is 227 g/mol. The number of nitrogens with zero attached hydrogens (tertiary/aromatic N) is 4. The van der Waals surface area contributed by atoms with Crippen LogP contribution in [0.2, 0.25) is 0 Å². The molecule has 0 amide bonds. The first-order valence-electron chi connectivity index (χ1n) is 3.99. The first-order chi connectivity index (χ1) is 6.62. The first-order valence-corrected chi connectivity index (χ1v) is 4.75. The molecule has 0 bridgehead atoms. The Labute approximate surface area is 89.6 Å². The van der Waals surface area contributed by atoms with Gasteiger partial charge < -0.3 is 0 Å². The summed E-state index contributed by atoms with van der Waals surface area (Å²) >= 11 is 11.9. The van der Waals surface area contributed by atoms with Gasteiger partial charge in [0, 0.05) is 11.1 Å². The Kier molecular flexibility index (Phi) is 1.38. The van der Waals surface area contributed by atoms with E-state index in [0.29, 0.717) is 0 Å². The van der Waals surface area contributed by atoms with Crippen molar-refractivity contribution in [1.29, 1.82) is 0 Å². The Balaban J connectivity index is 2.00. The van der Waals surface area contributed by atoms with Gasteiger partial charge in [-0.05, 0) is 6.07 Å². The molecule has 1 aromatic carbocycles. The van der Waals surface area contributed by atoms with Gasteiger partial charge >= 0.3 is 0 Å². The van der Waals surface area contributed by atoms with E-state index in [9.17, 15) is 0 Å². The molecule has 0 fully saturated rings. The highest BCUT2D eigenvalue weighted by Crippen LogP contribution is 2.48. The van der Waals surface area contributed by atoms with Crippen molar-refractivity contribution in [3.8, 4) is 0 Å². The van der Waals surface area contributed by atoms with Crippen molar-refractivity contribution in [2.45, 2.75) is 10.2 Å². The van der Waals surface area contributed by atoms with Crippen LogP contribution < -0.4 is 0 Å². The van der Waals surface area contributed by atoms with Crippen molar-refractivity contribution in [2.75, 3.05) is 0 Å². The van der Waals surface area contributed by atoms with Gasteiger partial charge in [-0.2, -0.15) is 0 Å². The average Bonchev–Trinajstić information content (AvgIpc) is 3.08. The van der Waals surface area contributed by atoms with E-state index in [1.807, 2.05) is 24.3 Å². The second-order valence-corrected chi connectivity index (χ2v) is 4.21. The summed E-state index contributed by atoms with van der Waals surface area (Å²) in [5.41, 5.74) is 1.60. The summed E-state index contributed by atoms with van der Waals surface area (Å²) < 4.78 is 0. The molecule has 0 atom stereocenters. The van der Waals surface area contributed by atoms with Gasteiger partial charge in [0.15, 0.2) is 0 Å². The van der Waals surface area contributed by atoms with Crippen LogP contribution in [0, 0.1) is 0 Å². The Morgan fingerprint density at radius 1 is 0.857 bits per heavy atom. The van der Waals surface area contributed by atoms with Crippen molar-refractivity contribution < 1.29 is 0 Å². The topological polar surface area (TPSA) is 49.4 Å². The summed E-state index contributed by atoms with van der Waals surface area (Å²) in [4.78, 5) is 0. The maximum atomic E-state index is 5.97. The summed E-state index contributed by atoms with van der Waals surface area (Å²) in [5, 5.41) is 13.2. The largest absolute Gasteiger partial charge is 0.289 e. The highest BCUT2D eigenvalue weighted by Gasteiger charge is 2.43. The molecule has 4 nitrogen and oxygen atoms in total. The van der Waals surface area contributed by atoms with Crippen LogP contribution in [0.3, 0.4) is 0 Å². The third-order valence-electron chi connectivity index (χ3n) is 2.15. The Hall–Kier alpha value is -1.00. The van der Waals surface area contributed by atoms with Crippen LogP contribution >= 0.6 is 23.2 Å². The molecule has 2 aliphatic rings. The number of alkyl halides is 2. The molecule has 0 aromatic heterocycles. The zero-order valence-electron chi connectivity index (χ0n) is 6.85. The van der Waals surface area contributed by atoms with Crippen molar-refractivity contribution in [2.24, 2.45) is 20.5 Å². The van der Waals surface area contributed by atoms with E-state index in [4.69, 9.17) is 23.2 Å². The van der Waals surface area contributed by atoms with Gasteiger partial charge in [0.05, 0.1) is 0 Å². The monoisotopic (exact) mass is 226 g/mol. The smallest absolute Gasteiger partial charge is 0.135 e. The fourth-order valence-corrected chi connectivity index (χ4v) is 1.54. The highest BCUT2D eigenvalue weighted by atomic mass is 35.5. The maximum absolute atomic E-state index is 5.97. The molecule has 6 heteroatoms. The minimum atomic E-state index is -0.891. The molecule has 0 spiro atoms. The van der Waals surface area contributed by atoms with Crippen LogP contribution in [-0.4, -0.2) is 0 Å². The molecule has 0 saturated heterocycles. The van der Waals surface area contributed by atoms with Crippen LogP contribution in [-0.2, 0) is 10.2 Å². The van der Waals surface area contributed by atoms with Crippen LogP contribution in [0.5, 0.6) is 0 Å². The van der Waals surface area contributed by atoms with Crippen LogP contribution in [0.1, 0.15) is 11.1 Å². The lowest BCUT2D eigenvalue weighted by Crippen LogP contribution is -2.03. The fraction of sp³-hybridized carbons (Fsp3) is 0.250. The predicted molar refractivity (Wildman–Crippen MR) is 51.2 cm³/mol. The number of rotatable bonds is 2. The molecule has 70 valence electrons. The Bertz CT molecular complexity index is 417. The van der Waals surface area contributed by atoms with Gasteiger partial charge in [-0.25, -0.2) is 0 Å². The molecule has 0 radical (unpaired) electrons. The minimum Gasteiger partial charge on any atom is -0.135 e. The Morgan fingerprint density at radius 2 is 1.29 bits per heavy atom. The number of halogens is 2. The normalized spacial score (nSPS) is 23.6. The molecule has 0 N–H and O–H groups in total. The summed E-state index contributed by atoms with van der Waals surface area (Å²) in [5.74, 6) is 0. The molecule has 1 aromatic rings. The third-order valence-corrected chi connectivity index (χ3v) is 2.89. The molecule has 0 saturated carbocycles. The lowest BCUT2D eigenvalue weighted by molar-refractivity contribution is 0.899. The van der Waals surface area contributed by atoms with Gasteiger partial charge in [0.1, 0.15) is 0 Å². The summed E-state index contributed by atoms with van der Waals surface area (Å²) in [6.45, 7) is 0. The first kappa shape index (κ1) is 8.32.